The number of H-pyrrole nitrogens is 1. The normalized spacial score (nSPS) is 23.9. The van der Waals surface area contributed by atoms with Crippen molar-refractivity contribution in [3.63, 3.8) is 0 Å². The molecular formula is C23H26N4O6. The van der Waals surface area contributed by atoms with E-state index in [0.29, 0.717) is 54.4 Å². The fourth-order valence-corrected chi connectivity index (χ4v) is 4.92. The van der Waals surface area contributed by atoms with Crippen LogP contribution in [0.25, 0.3) is 10.9 Å². The summed E-state index contributed by atoms with van der Waals surface area (Å²) in [6.07, 6.45) is 7.05. The Labute approximate surface area is 189 Å². The summed E-state index contributed by atoms with van der Waals surface area (Å²) in [6.45, 7) is 0.450. The first-order valence-corrected chi connectivity index (χ1v) is 10.9. The van der Waals surface area contributed by atoms with E-state index in [4.69, 9.17) is 5.73 Å². The highest BCUT2D eigenvalue weighted by molar-refractivity contribution is 5.98. The molecule has 2 amide bonds. The van der Waals surface area contributed by atoms with Gasteiger partial charge in [-0.3, -0.25) is 24.1 Å². The van der Waals surface area contributed by atoms with Gasteiger partial charge < -0.3 is 26.2 Å². The van der Waals surface area contributed by atoms with Crippen LogP contribution in [0, 0.1) is 11.8 Å². The van der Waals surface area contributed by atoms with E-state index in [0.717, 1.165) is 0 Å². The molecule has 0 radical (unpaired) electrons. The number of hydrogen-bond acceptors (Lipinski definition) is 5. The van der Waals surface area contributed by atoms with Gasteiger partial charge in [-0.05, 0) is 37.8 Å². The van der Waals surface area contributed by atoms with Gasteiger partial charge in [0.05, 0.1) is 17.9 Å². The van der Waals surface area contributed by atoms with Gasteiger partial charge in [0.1, 0.15) is 6.04 Å². The first-order chi connectivity index (χ1) is 15.8. The van der Waals surface area contributed by atoms with Crippen LogP contribution >= 0.6 is 0 Å². The summed E-state index contributed by atoms with van der Waals surface area (Å²) in [5, 5.41) is 22.8. The lowest BCUT2D eigenvalue weighted by Crippen LogP contribution is -2.44. The summed E-state index contributed by atoms with van der Waals surface area (Å²) in [5.74, 6) is -4.43. The van der Waals surface area contributed by atoms with E-state index < -0.39 is 41.8 Å². The molecule has 174 valence electrons. The van der Waals surface area contributed by atoms with Gasteiger partial charge in [0, 0.05) is 34.9 Å². The highest BCUT2D eigenvalue weighted by atomic mass is 16.4. The highest BCUT2D eigenvalue weighted by Gasteiger charge is 2.39. The van der Waals surface area contributed by atoms with Gasteiger partial charge in [-0.15, -0.1) is 0 Å². The zero-order valence-electron chi connectivity index (χ0n) is 17.9. The summed E-state index contributed by atoms with van der Waals surface area (Å²) in [6, 6.07) is 3.36. The molecule has 1 aromatic carbocycles. The van der Waals surface area contributed by atoms with Gasteiger partial charge in [-0.2, -0.15) is 0 Å². The van der Waals surface area contributed by atoms with Crippen molar-refractivity contribution in [3.05, 3.63) is 42.1 Å². The molecule has 1 fully saturated rings. The van der Waals surface area contributed by atoms with Gasteiger partial charge in [0.15, 0.2) is 0 Å². The minimum atomic E-state index is -1.08. The van der Waals surface area contributed by atoms with Crippen LogP contribution in [-0.4, -0.2) is 56.4 Å². The predicted octanol–water partition coefficient (Wildman–Crippen LogP) is 1.85. The lowest BCUT2D eigenvalue weighted by molar-refractivity contribution is -0.146. The van der Waals surface area contributed by atoms with Crippen molar-refractivity contribution in [1.29, 1.82) is 0 Å². The number of nitrogens with two attached hydrogens (primary N) is 1. The maximum atomic E-state index is 12.7. The number of nitrogens with zero attached hydrogens (tertiary/aromatic N) is 1. The summed E-state index contributed by atoms with van der Waals surface area (Å²) >= 11 is 0. The van der Waals surface area contributed by atoms with Crippen LogP contribution in [0.2, 0.25) is 0 Å². The second-order valence-electron chi connectivity index (χ2n) is 8.53. The number of carbonyl (C=O) groups is 4. The van der Waals surface area contributed by atoms with E-state index in [1.54, 1.807) is 35.4 Å². The van der Waals surface area contributed by atoms with Crippen LogP contribution in [0.15, 0.2) is 36.5 Å². The Morgan fingerprint density at radius 1 is 1.12 bits per heavy atom. The molecule has 2 aliphatic rings. The number of nitrogens with one attached hydrogen (secondary N) is 2. The van der Waals surface area contributed by atoms with Crippen molar-refractivity contribution in [2.45, 2.75) is 37.8 Å². The summed E-state index contributed by atoms with van der Waals surface area (Å²) in [4.78, 5) is 52.9. The van der Waals surface area contributed by atoms with Gasteiger partial charge in [-0.25, -0.2) is 0 Å². The molecule has 33 heavy (non-hydrogen) atoms. The summed E-state index contributed by atoms with van der Waals surface area (Å²) in [7, 11) is 0. The van der Waals surface area contributed by atoms with E-state index in [-0.39, 0.29) is 5.91 Å². The zero-order valence-corrected chi connectivity index (χ0v) is 17.9. The van der Waals surface area contributed by atoms with Crippen LogP contribution < -0.4 is 11.1 Å². The minimum absolute atomic E-state index is 0.311. The maximum Gasteiger partial charge on any atom is 0.325 e. The van der Waals surface area contributed by atoms with Gasteiger partial charge >= 0.3 is 11.9 Å². The number of primary amides is 1. The minimum Gasteiger partial charge on any atom is -0.481 e. The SMILES string of the molecule is NC(=O)[C@@H]1CCCN1[C@H](C(=O)O)c1c[nH]c2cc(NC(=O)[C@H]3CC=CC[C@H]3C(=O)O)ccc12. The first kappa shape index (κ1) is 22.5. The van der Waals surface area contributed by atoms with E-state index >= 15 is 0 Å². The first-order valence-electron chi connectivity index (χ1n) is 10.9. The second-order valence-corrected chi connectivity index (χ2v) is 8.53. The predicted molar refractivity (Wildman–Crippen MR) is 119 cm³/mol. The Morgan fingerprint density at radius 2 is 1.85 bits per heavy atom. The van der Waals surface area contributed by atoms with Crippen molar-refractivity contribution in [2.24, 2.45) is 17.6 Å². The molecule has 6 N–H and O–H groups in total. The summed E-state index contributed by atoms with van der Waals surface area (Å²) in [5.41, 5.74) is 7.08. The number of amides is 2. The molecule has 0 unspecified atom stereocenters. The number of likely N-dealkylation sites (tertiary alicyclic amines) is 1. The number of aromatic nitrogens is 1. The number of allylic oxidation sites excluding steroid dienone is 2. The molecule has 4 rings (SSSR count). The fourth-order valence-electron chi connectivity index (χ4n) is 4.92. The number of carboxylic acids is 2. The number of rotatable bonds is 7. The lowest BCUT2D eigenvalue weighted by Gasteiger charge is -2.28. The summed E-state index contributed by atoms with van der Waals surface area (Å²) < 4.78 is 0. The number of benzene rings is 1. The molecule has 10 heteroatoms. The number of carboxylic acid groups (broad SMARTS) is 2. The molecule has 4 atom stereocenters. The third-order valence-corrected chi connectivity index (χ3v) is 6.55. The topological polar surface area (TPSA) is 166 Å². The number of aliphatic carboxylic acids is 2. The van der Waals surface area contributed by atoms with Crippen molar-refractivity contribution < 1.29 is 29.4 Å². The molecule has 1 aliphatic heterocycles. The molecule has 1 aliphatic carbocycles. The number of hydrogen-bond donors (Lipinski definition) is 5. The Hall–Kier alpha value is -3.66. The van der Waals surface area contributed by atoms with Gasteiger partial charge in [-0.1, -0.05) is 18.2 Å². The quantitative estimate of drug-likeness (QED) is 0.398. The Bertz CT molecular complexity index is 1140. The van der Waals surface area contributed by atoms with Crippen LogP contribution in [0.3, 0.4) is 0 Å². The third kappa shape index (κ3) is 4.34. The number of carbonyl (C=O) groups excluding carboxylic acids is 2. The number of anilines is 1. The van der Waals surface area contributed by atoms with Crippen molar-refractivity contribution in [2.75, 3.05) is 11.9 Å². The lowest BCUT2D eigenvalue weighted by atomic mass is 9.82. The van der Waals surface area contributed by atoms with E-state index in [1.807, 2.05) is 6.08 Å². The molecule has 2 aromatic rings. The Balaban J connectivity index is 1.58. The van der Waals surface area contributed by atoms with Crippen LogP contribution in [-0.2, 0) is 19.2 Å². The largest absolute Gasteiger partial charge is 0.481 e. The van der Waals surface area contributed by atoms with E-state index in [2.05, 4.69) is 10.3 Å². The zero-order chi connectivity index (χ0) is 23.7. The van der Waals surface area contributed by atoms with E-state index in [9.17, 15) is 29.4 Å². The maximum absolute atomic E-state index is 12.7. The second kappa shape index (κ2) is 9.07. The fraction of sp³-hybridized carbons (Fsp3) is 0.391. The molecule has 0 saturated carbocycles. The number of aromatic amines is 1. The molecule has 10 nitrogen and oxygen atoms in total. The van der Waals surface area contributed by atoms with Gasteiger partial charge in [0.2, 0.25) is 11.8 Å². The van der Waals surface area contributed by atoms with E-state index in [1.165, 1.54) is 0 Å². The number of fused-ring (bicyclic) bond motifs is 1. The highest BCUT2D eigenvalue weighted by Crippen LogP contribution is 2.35. The standard InChI is InChI=1S/C23H26N4O6/c24-20(28)18-6-3-9-27(18)19(23(32)33)16-11-25-17-10-12(7-8-13(16)17)26-21(29)14-4-1-2-5-15(14)22(30)31/h1-2,7-8,10-11,14-15,18-19,25H,3-6,9H2,(H2,24,28)(H,26,29)(H,30,31)(H,32,33)/t14-,15+,18-,19-/m0/s1. The monoisotopic (exact) mass is 454 g/mol. The van der Waals surface area contributed by atoms with Crippen molar-refractivity contribution in [1.82, 2.24) is 9.88 Å². The van der Waals surface area contributed by atoms with Crippen LogP contribution in [0.5, 0.6) is 0 Å². The van der Waals surface area contributed by atoms with Crippen molar-refractivity contribution >= 4 is 40.3 Å². The Morgan fingerprint density at radius 3 is 2.52 bits per heavy atom. The van der Waals surface area contributed by atoms with Gasteiger partial charge in [0.25, 0.3) is 0 Å². The average Bonchev–Trinajstić information content (AvgIpc) is 3.41. The molecule has 0 spiro atoms. The average molecular weight is 454 g/mol. The Kier molecular flexibility index (Phi) is 6.19. The molecule has 1 saturated heterocycles. The van der Waals surface area contributed by atoms with Crippen molar-refractivity contribution in [3.8, 4) is 0 Å². The molecular weight excluding hydrogens is 428 g/mol. The smallest absolute Gasteiger partial charge is 0.325 e. The molecule has 0 bridgehead atoms. The third-order valence-electron chi connectivity index (χ3n) is 6.55. The van der Waals surface area contributed by atoms with Crippen LogP contribution in [0.4, 0.5) is 5.69 Å². The molecule has 2 heterocycles. The molecule has 1 aromatic heterocycles. The van der Waals surface area contributed by atoms with Crippen LogP contribution in [0.1, 0.15) is 37.3 Å².